The van der Waals surface area contributed by atoms with Gasteiger partial charge in [-0.15, -0.1) is 6.58 Å². The molecular formula is C21H38O3. The van der Waals surface area contributed by atoms with Crippen LogP contribution >= 0.6 is 0 Å². The molecule has 0 aromatic carbocycles. The maximum Gasteiger partial charge on any atom is 0.313 e. The van der Waals surface area contributed by atoms with Gasteiger partial charge in [-0.1, -0.05) is 57.8 Å². The summed E-state index contributed by atoms with van der Waals surface area (Å²) < 4.78 is 0. The van der Waals surface area contributed by atoms with E-state index in [9.17, 15) is 9.90 Å². The molecule has 3 heteroatoms. The molecule has 3 nitrogen and oxygen atoms in total. The summed E-state index contributed by atoms with van der Waals surface area (Å²) in [6.45, 7) is 15.7. The van der Waals surface area contributed by atoms with Crippen molar-refractivity contribution in [3.63, 3.8) is 0 Å². The number of hydrogen-bond acceptors (Lipinski definition) is 2. The molecule has 1 aliphatic rings. The van der Waals surface area contributed by atoms with Crippen molar-refractivity contribution in [3.05, 3.63) is 24.3 Å². The lowest BCUT2D eigenvalue weighted by molar-refractivity contribution is -0.145. The second-order valence-electron chi connectivity index (χ2n) is 8.59. The van der Waals surface area contributed by atoms with Gasteiger partial charge in [0.25, 0.3) is 0 Å². The monoisotopic (exact) mass is 338 g/mol. The Hall–Kier alpha value is -1.09. The summed E-state index contributed by atoms with van der Waals surface area (Å²) in [4.78, 5) is 10.8. The topological polar surface area (TPSA) is 57.5 Å². The number of aliphatic carboxylic acids is 1. The highest BCUT2D eigenvalue weighted by molar-refractivity contribution is 5.76. The van der Waals surface area contributed by atoms with Gasteiger partial charge < -0.3 is 10.2 Å². The van der Waals surface area contributed by atoms with Gasteiger partial charge in [0, 0.05) is 0 Å². The van der Waals surface area contributed by atoms with Crippen molar-refractivity contribution in [2.24, 2.45) is 10.8 Å². The van der Waals surface area contributed by atoms with E-state index >= 15 is 0 Å². The maximum atomic E-state index is 10.8. The second-order valence-corrected chi connectivity index (χ2v) is 8.59. The van der Waals surface area contributed by atoms with Crippen LogP contribution in [0.15, 0.2) is 24.3 Å². The van der Waals surface area contributed by atoms with Gasteiger partial charge >= 0.3 is 5.97 Å². The van der Waals surface area contributed by atoms with E-state index in [1.54, 1.807) is 6.92 Å². The van der Waals surface area contributed by atoms with Crippen LogP contribution in [0.25, 0.3) is 0 Å². The molecular weight excluding hydrogens is 300 g/mol. The summed E-state index contributed by atoms with van der Waals surface area (Å²) in [5, 5.41) is 19.1. The maximum absolute atomic E-state index is 10.8. The van der Waals surface area contributed by atoms with Crippen LogP contribution in [0.2, 0.25) is 0 Å². The first-order valence-electron chi connectivity index (χ1n) is 9.11. The van der Waals surface area contributed by atoms with Crippen LogP contribution in [-0.2, 0) is 4.79 Å². The van der Waals surface area contributed by atoms with Crippen LogP contribution in [0.1, 0.15) is 86.5 Å². The molecule has 2 N–H and O–H groups in total. The molecule has 140 valence electrons. The molecule has 0 amide bonds. The Morgan fingerprint density at radius 3 is 1.92 bits per heavy atom. The number of allylic oxidation sites excluding steroid dienone is 2. The third-order valence-electron chi connectivity index (χ3n) is 5.23. The smallest absolute Gasteiger partial charge is 0.313 e. The number of aliphatic hydroxyl groups is 1. The molecule has 0 aromatic rings. The van der Waals surface area contributed by atoms with Crippen LogP contribution in [0, 0.1) is 10.8 Å². The van der Waals surface area contributed by atoms with Crippen molar-refractivity contribution in [1.29, 1.82) is 0 Å². The van der Waals surface area contributed by atoms with Crippen molar-refractivity contribution in [2.75, 3.05) is 0 Å². The molecule has 0 heterocycles. The zero-order chi connectivity index (χ0) is 19.0. The summed E-state index contributed by atoms with van der Waals surface area (Å²) in [5.74, 6) is -0.801. The van der Waals surface area contributed by atoms with Crippen LogP contribution in [0.3, 0.4) is 0 Å². The zero-order valence-electron chi connectivity index (χ0n) is 16.6. The largest absolute Gasteiger partial charge is 0.481 e. The fraction of sp³-hybridized carbons (Fsp3) is 0.762. The zero-order valence-corrected chi connectivity index (χ0v) is 16.6. The van der Waals surface area contributed by atoms with Gasteiger partial charge in [0.15, 0.2) is 0 Å². The molecule has 1 unspecified atom stereocenters. The molecule has 1 atom stereocenters. The summed E-state index contributed by atoms with van der Waals surface area (Å²) in [6.07, 6.45) is 10.7. The van der Waals surface area contributed by atoms with Gasteiger partial charge in [0.05, 0.1) is 11.0 Å². The molecule has 1 rings (SSSR count). The highest BCUT2D eigenvalue weighted by atomic mass is 16.4. The normalized spacial score (nSPS) is 19.3. The lowest BCUT2D eigenvalue weighted by atomic mass is 9.68. The lowest BCUT2D eigenvalue weighted by Gasteiger charge is -2.43. The Morgan fingerprint density at radius 1 is 1.12 bits per heavy atom. The van der Waals surface area contributed by atoms with Crippen LogP contribution in [-0.4, -0.2) is 21.8 Å². The van der Waals surface area contributed by atoms with Crippen molar-refractivity contribution in [3.8, 4) is 0 Å². The van der Waals surface area contributed by atoms with E-state index in [2.05, 4.69) is 27.4 Å². The van der Waals surface area contributed by atoms with E-state index in [0.29, 0.717) is 6.42 Å². The Balaban J connectivity index is 0.000000446. The van der Waals surface area contributed by atoms with Gasteiger partial charge in [-0.05, 0) is 51.9 Å². The van der Waals surface area contributed by atoms with Crippen LogP contribution in [0.4, 0.5) is 0 Å². The molecule has 0 spiro atoms. The number of carboxylic acid groups (broad SMARTS) is 1. The van der Waals surface area contributed by atoms with Gasteiger partial charge in [-0.2, -0.15) is 0 Å². The molecule has 0 aliphatic heterocycles. The third kappa shape index (κ3) is 7.21. The fourth-order valence-electron chi connectivity index (χ4n) is 2.84. The van der Waals surface area contributed by atoms with E-state index in [-0.39, 0.29) is 11.0 Å². The number of carbonyl (C=O) groups is 1. The minimum absolute atomic E-state index is 0.0629. The average Bonchev–Trinajstić information content (AvgIpc) is 2.46. The Bertz CT molecular complexity index is 432. The molecule has 0 radical (unpaired) electrons. The minimum Gasteiger partial charge on any atom is -0.481 e. The first-order valence-corrected chi connectivity index (χ1v) is 9.11. The SMILES string of the molecule is C=CC(C)(CCC=C(C)C)C(=O)O.CC(C)(C)C1(O)CCCCC1. The number of rotatable bonds is 5. The van der Waals surface area contributed by atoms with E-state index in [1.807, 2.05) is 19.9 Å². The number of carboxylic acids is 1. The van der Waals surface area contributed by atoms with Gasteiger partial charge in [0.1, 0.15) is 0 Å². The highest BCUT2D eigenvalue weighted by Crippen LogP contribution is 2.41. The first-order chi connectivity index (χ1) is 10.9. The summed E-state index contributed by atoms with van der Waals surface area (Å²) in [6, 6.07) is 0. The standard InChI is InChI=1S/C11H18O2.C10H20O/c1-5-11(4,10(12)13)8-6-7-9(2)3;1-9(2,3)10(11)7-5-4-6-8-10/h5,7H,1,6,8H2,2-4H3,(H,12,13);11H,4-8H2,1-3H3. The predicted octanol–water partition coefficient (Wildman–Crippen LogP) is 5.74. The van der Waals surface area contributed by atoms with Crippen LogP contribution in [0.5, 0.6) is 0 Å². The molecule has 24 heavy (non-hydrogen) atoms. The predicted molar refractivity (Wildman–Crippen MR) is 102 cm³/mol. The number of hydrogen-bond donors (Lipinski definition) is 2. The van der Waals surface area contributed by atoms with E-state index in [4.69, 9.17) is 5.11 Å². The molecule has 0 bridgehead atoms. The van der Waals surface area contributed by atoms with Crippen molar-refractivity contribution >= 4 is 5.97 Å². The summed E-state index contributed by atoms with van der Waals surface area (Å²) in [7, 11) is 0. The van der Waals surface area contributed by atoms with Gasteiger partial charge in [0.2, 0.25) is 0 Å². The van der Waals surface area contributed by atoms with Crippen molar-refractivity contribution in [2.45, 2.75) is 92.1 Å². The molecule has 1 saturated carbocycles. The molecule has 0 saturated heterocycles. The van der Waals surface area contributed by atoms with Crippen LogP contribution < -0.4 is 0 Å². The van der Waals surface area contributed by atoms with E-state index in [1.165, 1.54) is 30.9 Å². The Labute approximate surface area is 148 Å². The lowest BCUT2D eigenvalue weighted by Crippen LogP contribution is -2.44. The fourth-order valence-corrected chi connectivity index (χ4v) is 2.84. The molecule has 1 aliphatic carbocycles. The molecule has 0 aromatic heterocycles. The quantitative estimate of drug-likeness (QED) is 0.629. The highest BCUT2D eigenvalue weighted by Gasteiger charge is 2.40. The van der Waals surface area contributed by atoms with Gasteiger partial charge in [-0.3, -0.25) is 4.79 Å². The summed E-state index contributed by atoms with van der Waals surface area (Å²) >= 11 is 0. The second kappa shape index (κ2) is 9.41. The van der Waals surface area contributed by atoms with E-state index < -0.39 is 11.4 Å². The van der Waals surface area contributed by atoms with E-state index in [0.717, 1.165) is 19.3 Å². The van der Waals surface area contributed by atoms with Crippen molar-refractivity contribution < 1.29 is 15.0 Å². The summed E-state index contributed by atoms with van der Waals surface area (Å²) in [5.41, 5.74) is 0.113. The third-order valence-corrected chi connectivity index (χ3v) is 5.23. The van der Waals surface area contributed by atoms with Gasteiger partial charge in [-0.25, -0.2) is 0 Å². The first kappa shape index (κ1) is 22.9. The minimum atomic E-state index is -0.801. The Kier molecular flexibility index (Phi) is 8.98. The average molecular weight is 339 g/mol. The van der Waals surface area contributed by atoms with Crippen molar-refractivity contribution in [1.82, 2.24) is 0 Å². The Morgan fingerprint density at radius 2 is 1.62 bits per heavy atom. The molecule has 1 fully saturated rings.